The van der Waals surface area contributed by atoms with Gasteiger partial charge in [-0.25, -0.2) is 18.0 Å². The fourth-order valence-corrected chi connectivity index (χ4v) is 8.40. The first-order valence-electron chi connectivity index (χ1n) is 25.1. The molecule has 0 spiro atoms. The van der Waals surface area contributed by atoms with E-state index in [-0.39, 0.29) is 70.2 Å². The van der Waals surface area contributed by atoms with Crippen molar-refractivity contribution in [2.75, 3.05) is 13.2 Å². The Morgan fingerprint density at radius 2 is 0.754 bits per heavy atom. The minimum absolute atomic E-state index is 0. The maximum atomic E-state index is 13.1. The first-order valence-corrected chi connectivity index (χ1v) is 26.5. The van der Waals surface area contributed by atoms with Crippen LogP contribution in [0.1, 0.15) is 266 Å². The van der Waals surface area contributed by atoms with Crippen molar-refractivity contribution in [2.24, 2.45) is 0 Å². The summed E-state index contributed by atoms with van der Waals surface area (Å²) in [4.78, 5) is 25.3. The number of esters is 2. The number of hydrogen-bond acceptors (Lipinski definition) is 7. The first kappa shape index (κ1) is 60.2. The summed E-state index contributed by atoms with van der Waals surface area (Å²) in [5, 5.41) is 0. The van der Waals surface area contributed by atoms with Crippen LogP contribution in [-0.2, 0) is 19.6 Å². The van der Waals surface area contributed by atoms with Crippen molar-refractivity contribution >= 4 is 22.1 Å². The molecule has 0 saturated heterocycles. The number of hydrogen-bond donors (Lipinski definition) is 0. The zero-order valence-electron chi connectivity index (χ0n) is 39.7. The molecule has 346 valence electrons. The molecular formula is C52H89KO7S. The number of rotatable bonds is 43. The van der Waals surface area contributed by atoms with Gasteiger partial charge in [0.2, 0.25) is 0 Å². The van der Waals surface area contributed by atoms with Crippen molar-refractivity contribution in [1.29, 1.82) is 0 Å². The molecule has 0 fully saturated rings. The molecule has 0 atom stereocenters. The molecular weight excluding hydrogens is 808 g/mol. The van der Waals surface area contributed by atoms with Gasteiger partial charge < -0.3 is 14.0 Å². The summed E-state index contributed by atoms with van der Waals surface area (Å²) >= 11 is 0. The van der Waals surface area contributed by atoms with Crippen molar-refractivity contribution < 1.29 is 83.4 Å². The van der Waals surface area contributed by atoms with Crippen LogP contribution in [0, 0.1) is 0 Å². The van der Waals surface area contributed by atoms with Crippen LogP contribution < -0.4 is 51.4 Å². The van der Waals surface area contributed by atoms with Gasteiger partial charge in [0.05, 0.1) is 29.2 Å². The molecule has 0 heterocycles. The smallest absolute Gasteiger partial charge is 0.744 e. The van der Waals surface area contributed by atoms with E-state index in [1.54, 1.807) is 0 Å². The largest absolute Gasteiger partial charge is 1.00 e. The Bertz CT molecular complexity index is 1340. The van der Waals surface area contributed by atoms with E-state index in [1.807, 2.05) is 0 Å². The van der Waals surface area contributed by atoms with E-state index < -0.39 is 32.5 Å². The first-order chi connectivity index (χ1) is 29.3. The van der Waals surface area contributed by atoms with Gasteiger partial charge in [-0.05, 0) is 76.3 Å². The van der Waals surface area contributed by atoms with Gasteiger partial charge in [-0.1, -0.05) is 211 Å². The van der Waals surface area contributed by atoms with Crippen molar-refractivity contribution in [3.63, 3.8) is 0 Å². The van der Waals surface area contributed by atoms with E-state index in [0.717, 1.165) is 44.6 Å². The second-order valence-electron chi connectivity index (χ2n) is 17.1. The molecule has 0 bridgehead atoms. The second-order valence-corrected chi connectivity index (χ2v) is 18.5. The SMILES string of the molecule is CCCCCCCCC/C=C/CCCCCCCCCCCOC(=O)c1cccc(S(=O)(=O)[O-])c1C(=O)OCCCCCCCCCCC/C=C/CCCCCCCCC.[K+]. The van der Waals surface area contributed by atoms with Gasteiger partial charge in [0.15, 0.2) is 0 Å². The molecule has 1 rings (SSSR count). The number of unbranched alkanes of at least 4 members (excludes halogenated alkanes) is 32. The van der Waals surface area contributed by atoms with Crippen LogP contribution in [0.3, 0.4) is 0 Å². The molecule has 0 amide bonds. The van der Waals surface area contributed by atoms with Gasteiger partial charge in [-0.2, -0.15) is 0 Å². The number of ether oxygens (including phenoxy) is 2. The Morgan fingerprint density at radius 1 is 0.459 bits per heavy atom. The molecule has 1 aromatic rings. The van der Waals surface area contributed by atoms with Gasteiger partial charge in [-0.15, -0.1) is 0 Å². The van der Waals surface area contributed by atoms with E-state index >= 15 is 0 Å². The molecule has 0 aromatic heterocycles. The predicted octanol–water partition coefficient (Wildman–Crippen LogP) is 13.1. The van der Waals surface area contributed by atoms with Crippen molar-refractivity contribution in [2.45, 2.75) is 250 Å². The topological polar surface area (TPSA) is 110 Å². The fraction of sp³-hybridized carbons (Fsp3) is 0.769. The Balaban J connectivity index is 0.0000360. The van der Waals surface area contributed by atoms with Crippen LogP contribution in [0.25, 0.3) is 0 Å². The quantitative estimate of drug-likeness (QED) is 0.0211. The van der Waals surface area contributed by atoms with E-state index in [1.165, 1.54) is 192 Å². The summed E-state index contributed by atoms with van der Waals surface area (Å²) in [5.41, 5.74) is -0.777. The molecule has 0 unspecified atom stereocenters. The van der Waals surface area contributed by atoms with Crippen molar-refractivity contribution in [1.82, 2.24) is 0 Å². The fourth-order valence-electron chi connectivity index (χ4n) is 7.71. The minimum atomic E-state index is -5.02. The molecule has 0 saturated carbocycles. The molecule has 0 aliphatic carbocycles. The zero-order valence-corrected chi connectivity index (χ0v) is 43.6. The third kappa shape index (κ3) is 36.1. The Kier molecular flexibility index (Phi) is 43.8. The Hall–Kier alpha value is -0.814. The molecule has 9 heteroatoms. The predicted molar refractivity (Wildman–Crippen MR) is 251 cm³/mol. The average Bonchev–Trinajstić information content (AvgIpc) is 3.24. The van der Waals surface area contributed by atoms with Gasteiger partial charge in [0, 0.05) is 0 Å². The van der Waals surface area contributed by atoms with Crippen LogP contribution in [0.2, 0.25) is 0 Å². The standard InChI is InChI=1S/C52H90O7S.K/c1-3-5-7-9-11-13-15-17-19-21-23-25-27-29-31-33-35-37-39-41-46-58-51(53)48-44-43-45-49(60(55,56)57)50(48)52(54)59-47-42-40-38-36-34-32-30-28-26-24-22-20-18-16-14-12-10-8-6-4-2;/h19-22,43-45H,3-18,23-42,46-47H2,1-2H3,(H,55,56,57);/q;+1/p-1/b21-19+,22-20+;. The Labute approximate surface area is 418 Å². The maximum absolute atomic E-state index is 13.1. The third-order valence-corrected chi connectivity index (χ3v) is 12.4. The van der Waals surface area contributed by atoms with Crippen LogP contribution >= 0.6 is 0 Å². The van der Waals surface area contributed by atoms with E-state index in [4.69, 9.17) is 9.47 Å². The van der Waals surface area contributed by atoms with Crippen LogP contribution in [-0.4, -0.2) is 38.1 Å². The number of carbonyl (C=O) groups is 2. The van der Waals surface area contributed by atoms with E-state index in [2.05, 4.69) is 38.2 Å². The van der Waals surface area contributed by atoms with E-state index in [0.29, 0.717) is 12.8 Å². The second kappa shape index (κ2) is 44.4. The summed E-state index contributed by atoms with van der Waals surface area (Å²) in [6.45, 7) is 4.77. The van der Waals surface area contributed by atoms with E-state index in [9.17, 15) is 22.6 Å². The summed E-state index contributed by atoms with van der Waals surface area (Å²) in [5.74, 6) is -1.81. The average molecular weight is 897 g/mol. The minimum Gasteiger partial charge on any atom is -0.744 e. The van der Waals surface area contributed by atoms with Crippen LogP contribution in [0.5, 0.6) is 0 Å². The van der Waals surface area contributed by atoms with Gasteiger partial charge in [-0.3, -0.25) is 0 Å². The summed E-state index contributed by atoms with van der Waals surface area (Å²) in [7, 11) is -5.02. The van der Waals surface area contributed by atoms with Crippen molar-refractivity contribution in [3.8, 4) is 0 Å². The maximum Gasteiger partial charge on any atom is 1.00 e. The summed E-state index contributed by atoms with van der Waals surface area (Å²) in [6.07, 6.45) is 53.3. The van der Waals surface area contributed by atoms with Crippen molar-refractivity contribution in [3.05, 3.63) is 53.6 Å². The summed E-state index contributed by atoms with van der Waals surface area (Å²) < 4.78 is 46.9. The molecule has 0 radical (unpaired) electrons. The molecule has 0 aliphatic heterocycles. The number of allylic oxidation sites excluding steroid dienone is 4. The monoisotopic (exact) mass is 897 g/mol. The zero-order chi connectivity index (χ0) is 43.6. The normalized spacial score (nSPS) is 11.7. The molecule has 61 heavy (non-hydrogen) atoms. The number of benzene rings is 1. The Morgan fingerprint density at radius 3 is 1.08 bits per heavy atom. The number of carbonyl (C=O) groups excluding carboxylic acids is 2. The van der Waals surface area contributed by atoms with Crippen LogP contribution in [0.4, 0.5) is 0 Å². The van der Waals surface area contributed by atoms with Gasteiger partial charge in [0.25, 0.3) is 0 Å². The molecule has 0 aliphatic rings. The molecule has 7 nitrogen and oxygen atoms in total. The molecule has 1 aromatic carbocycles. The third-order valence-electron chi connectivity index (χ3n) is 11.5. The summed E-state index contributed by atoms with van der Waals surface area (Å²) in [6, 6.07) is 3.64. The van der Waals surface area contributed by atoms with Gasteiger partial charge >= 0.3 is 63.3 Å². The molecule has 0 N–H and O–H groups in total. The van der Waals surface area contributed by atoms with Gasteiger partial charge in [0.1, 0.15) is 10.1 Å². The van der Waals surface area contributed by atoms with Crippen LogP contribution in [0.15, 0.2) is 47.4 Å².